The molecule has 2 aliphatic rings. The number of aromatic carboxylic acids is 1. The third-order valence-electron chi connectivity index (χ3n) is 4.46. The van der Waals surface area contributed by atoms with Crippen LogP contribution in [0.3, 0.4) is 0 Å². The monoisotopic (exact) mass is 319 g/mol. The van der Waals surface area contributed by atoms with Crippen molar-refractivity contribution in [2.45, 2.75) is 37.8 Å². The summed E-state index contributed by atoms with van der Waals surface area (Å²) >= 11 is 0. The minimum absolute atomic E-state index is 0.0217. The van der Waals surface area contributed by atoms with E-state index >= 15 is 0 Å². The number of carboxylic acid groups (broad SMARTS) is 1. The van der Waals surface area contributed by atoms with Crippen LogP contribution >= 0.6 is 0 Å². The van der Waals surface area contributed by atoms with Crippen LogP contribution in [0.1, 0.15) is 36.2 Å². The Labute approximate surface area is 134 Å². The fraction of sp³-hybridized carbons (Fsp3) is 0.562. The number of aromatic nitrogens is 1. The molecule has 0 bridgehead atoms. The van der Waals surface area contributed by atoms with Gasteiger partial charge in [-0.2, -0.15) is 0 Å². The van der Waals surface area contributed by atoms with Crippen LogP contribution in [0.4, 0.5) is 5.82 Å². The number of pyridine rings is 1. The molecule has 1 atom stereocenters. The van der Waals surface area contributed by atoms with E-state index in [1.807, 2.05) is 4.90 Å². The minimum atomic E-state index is -1.05. The number of anilines is 1. The minimum Gasteiger partial charge on any atom is -0.477 e. The second-order valence-electron chi connectivity index (χ2n) is 6.24. The summed E-state index contributed by atoms with van der Waals surface area (Å²) in [7, 11) is 0. The zero-order chi connectivity index (χ0) is 16.4. The van der Waals surface area contributed by atoms with Gasteiger partial charge in [0.05, 0.1) is 0 Å². The van der Waals surface area contributed by atoms with E-state index in [1.54, 1.807) is 12.1 Å². The summed E-state index contributed by atoms with van der Waals surface area (Å²) in [5.74, 6) is -0.751. The predicted molar refractivity (Wildman–Crippen MR) is 83.3 cm³/mol. The van der Waals surface area contributed by atoms with Crippen LogP contribution in [0.5, 0.6) is 0 Å². The molecule has 1 aliphatic carbocycles. The molecule has 124 valence electrons. The number of rotatable bonds is 5. The van der Waals surface area contributed by atoms with Crippen molar-refractivity contribution in [2.24, 2.45) is 5.92 Å². The molecule has 3 rings (SSSR count). The van der Waals surface area contributed by atoms with Crippen molar-refractivity contribution in [3.63, 3.8) is 0 Å². The Morgan fingerprint density at radius 3 is 2.52 bits per heavy atom. The van der Waals surface area contributed by atoms with Gasteiger partial charge in [-0.05, 0) is 43.7 Å². The number of aliphatic hydroxyl groups is 1. The molecule has 1 aromatic heterocycles. The largest absolute Gasteiger partial charge is 0.477 e. The fourth-order valence-electron chi connectivity index (χ4n) is 2.89. The Morgan fingerprint density at radius 2 is 1.91 bits per heavy atom. The highest BCUT2D eigenvalue weighted by molar-refractivity contribution is 5.85. The van der Waals surface area contributed by atoms with E-state index in [0.29, 0.717) is 31.7 Å². The third-order valence-corrected chi connectivity index (χ3v) is 4.46. The van der Waals surface area contributed by atoms with Gasteiger partial charge in [0.1, 0.15) is 11.9 Å². The number of hydrogen-bond donors (Lipinski definition) is 3. The van der Waals surface area contributed by atoms with E-state index in [4.69, 9.17) is 5.11 Å². The average molecular weight is 319 g/mol. The smallest absolute Gasteiger partial charge is 0.354 e. The van der Waals surface area contributed by atoms with Crippen LogP contribution in [0, 0.1) is 5.92 Å². The number of hydrogen-bond acceptors (Lipinski definition) is 5. The van der Waals surface area contributed by atoms with Crippen LogP contribution < -0.4 is 10.2 Å². The van der Waals surface area contributed by atoms with Gasteiger partial charge in [-0.15, -0.1) is 0 Å². The molecule has 0 radical (unpaired) electrons. The van der Waals surface area contributed by atoms with Crippen LogP contribution in [-0.4, -0.2) is 52.3 Å². The molecule has 1 unspecified atom stereocenters. The Bertz CT molecular complexity index is 595. The van der Waals surface area contributed by atoms with Gasteiger partial charge in [-0.1, -0.05) is 6.07 Å². The van der Waals surface area contributed by atoms with Crippen molar-refractivity contribution < 1.29 is 19.8 Å². The van der Waals surface area contributed by atoms with E-state index in [0.717, 1.165) is 12.8 Å². The number of carbonyl (C=O) groups excluding carboxylic acids is 1. The highest BCUT2D eigenvalue weighted by atomic mass is 16.4. The van der Waals surface area contributed by atoms with Crippen LogP contribution in [-0.2, 0) is 4.79 Å². The van der Waals surface area contributed by atoms with Gasteiger partial charge in [0, 0.05) is 19.1 Å². The van der Waals surface area contributed by atoms with Crippen LogP contribution in [0.2, 0.25) is 0 Å². The first kappa shape index (κ1) is 15.7. The lowest BCUT2D eigenvalue weighted by molar-refractivity contribution is -0.132. The van der Waals surface area contributed by atoms with Crippen molar-refractivity contribution in [3.8, 4) is 0 Å². The Morgan fingerprint density at radius 1 is 1.22 bits per heavy atom. The first-order valence-corrected chi connectivity index (χ1v) is 7.98. The van der Waals surface area contributed by atoms with Crippen molar-refractivity contribution in [3.05, 3.63) is 23.9 Å². The fourth-order valence-corrected chi connectivity index (χ4v) is 2.89. The van der Waals surface area contributed by atoms with Gasteiger partial charge >= 0.3 is 5.97 Å². The van der Waals surface area contributed by atoms with E-state index in [-0.39, 0.29) is 23.6 Å². The van der Waals surface area contributed by atoms with Gasteiger partial charge in [0.25, 0.3) is 0 Å². The summed E-state index contributed by atoms with van der Waals surface area (Å²) in [6.45, 7) is 1.29. The Hall–Kier alpha value is -2.15. The normalized spacial score (nSPS) is 20.1. The number of aliphatic hydroxyl groups excluding tert-OH is 1. The molecule has 3 N–H and O–H groups in total. The number of amides is 1. The first-order valence-electron chi connectivity index (χ1n) is 7.98. The standard InChI is InChI=1S/C16H21N3O4/c20-14(15(21)17-11-4-5-11)10-6-8-19(9-7-10)13-3-1-2-12(18-13)16(22)23/h1-3,10-11,14,20H,4-9H2,(H,17,21)(H,22,23). The molecule has 2 heterocycles. The zero-order valence-electron chi connectivity index (χ0n) is 12.8. The van der Waals surface area contributed by atoms with Crippen molar-refractivity contribution in [1.29, 1.82) is 0 Å². The summed E-state index contributed by atoms with van der Waals surface area (Å²) in [4.78, 5) is 29.0. The molecule has 0 aromatic carbocycles. The van der Waals surface area contributed by atoms with E-state index < -0.39 is 12.1 Å². The molecule has 1 amide bonds. The van der Waals surface area contributed by atoms with Gasteiger partial charge in [-0.3, -0.25) is 4.79 Å². The van der Waals surface area contributed by atoms with E-state index in [9.17, 15) is 14.7 Å². The summed E-state index contributed by atoms with van der Waals surface area (Å²) in [5, 5.41) is 22.0. The van der Waals surface area contributed by atoms with Crippen molar-refractivity contribution in [2.75, 3.05) is 18.0 Å². The molecule has 1 saturated carbocycles. The maximum absolute atomic E-state index is 11.9. The molecule has 1 saturated heterocycles. The van der Waals surface area contributed by atoms with Gasteiger partial charge in [0.15, 0.2) is 5.69 Å². The predicted octanol–water partition coefficient (Wildman–Crippen LogP) is 0.636. The molecule has 7 nitrogen and oxygen atoms in total. The second kappa shape index (κ2) is 6.54. The van der Waals surface area contributed by atoms with Gasteiger partial charge < -0.3 is 20.4 Å². The number of nitrogens with zero attached hydrogens (tertiary/aromatic N) is 2. The lowest BCUT2D eigenvalue weighted by Gasteiger charge is -2.34. The molecule has 1 aliphatic heterocycles. The molecule has 23 heavy (non-hydrogen) atoms. The zero-order valence-corrected chi connectivity index (χ0v) is 12.8. The summed E-state index contributed by atoms with van der Waals surface area (Å²) < 4.78 is 0. The highest BCUT2D eigenvalue weighted by Gasteiger charge is 2.33. The molecular formula is C16H21N3O4. The van der Waals surface area contributed by atoms with E-state index in [1.165, 1.54) is 6.07 Å². The molecule has 2 fully saturated rings. The Kier molecular flexibility index (Phi) is 4.47. The number of nitrogens with one attached hydrogen (secondary N) is 1. The molecular weight excluding hydrogens is 298 g/mol. The number of carboxylic acids is 1. The third kappa shape index (κ3) is 3.79. The summed E-state index contributed by atoms with van der Waals surface area (Å²) in [5.41, 5.74) is 0.0217. The molecule has 1 aromatic rings. The lowest BCUT2D eigenvalue weighted by Crippen LogP contribution is -2.45. The summed E-state index contributed by atoms with van der Waals surface area (Å²) in [6, 6.07) is 5.17. The summed E-state index contributed by atoms with van der Waals surface area (Å²) in [6.07, 6.45) is 2.40. The topological polar surface area (TPSA) is 103 Å². The van der Waals surface area contributed by atoms with E-state index in [2.05, 4.69) is 10.3 Å². The lowest BCUT2D eigenvalue weighted by atomic mass is 9.90. The van der Waals surface area contributed by atoms with Crippen LogP contribution in [0.15, 0.2) is 18.2 Å². The van der Waals surface area contributed by atoms with Crippen molar-refractivity contribution >= 4 is 17.7 Å². The highest BCUT2D eigenvalue weighted by Crippen LogP contribution is 2.25. The Balaban J connectivity index is 1.56. The van der Waals surface area contributed by atoms with Crippen LogP contribution in [0.25, 0.3) is 0 Å². The first-order chi connectivity index (χ1) is 11.0. The van der Waals surface area contributed by atoms with Gasteiger partial charge in [0.2, 0.25) is 5.91 Å². The van der Waals surface area contributed by atoms with Gasteiger partial charge in [-0.25, -0.2) is 9.78 Å². The SMILES string of the molecule is O=C(O)c1cccc(N2CCC(C(O)C(=O)NC3CC3)CC2)n1. The second-order valence-corrected chi connectivity index (χ2v) is 6.24. The number of carbonyl (C=O) groups is 2. The maximum Gasteiger partial charge on any atom is 0.354 e. The molecule has 7 heteroatoms. The maximum atomic E-state index is 11.9. The average Bonchev–Trinajstić information content (AvgIpc) is 3.38. The number of piperidine rings is 1. The van der Waals surface area contributed by atoms with Crippen molar-refractivity contribution in [1.82, 2.24) is 10.3 Å². The quantitative estimate of drug-likeness (QED) is 0.736. The molecule has 0 spiro atoms.